The Balaban J connectivity index is 2.60. The Hall–Kier alpha value is -0.910. The molecule has 0 radical (unpaired) electrons. The van der Waals surface area contributed by atoms with Crippen LogP contribution in [0.5, 0.6) is 0 Å². The zero-order valence-electron chi connectivity index (χ0n) is 6.29. The van der Waals surface area contributed by atoms with E-state index in [-0.39, 0.29) is 0 Å². The largest absolute Gasteiger partial charge is 0.113 e. The summed E-state index contributed by atoms with van der Waals surface area (Å²) in [5.41, 5.74) is 5.67. The maximum absolute atomic E-state index is 3.07. The third-order valence-corrected chi connectivity index (χ3v) is 2.52. The van der Waals surface area contributed by atoms with Gasteiger partial charge in [0, 0.05) is 10.3 Å². The standard InChI is InChI=1S/C10H8S/c1-8-4-5-9-3-2-6-11-10(9)7-8/h3-7H,1H3. The average molecular weight is 160 g/mol. The Kier molecular flexibility index (Phi) is 1.61. The molecule has 0 amide bonds. The van der Waals surface area contributed by atoms with Crippen molar-refractivity contribution in [3.05, 3.63) is 40.5 Å². The second-order valence-corrected chi connectivity index (χ2v) is 3.50. The molecule has 0 bridgehead atoms. The van der Waals surface area contributed by atoms with Crippen LogP contribution in [0.4, 0.5) is 0 Å². The van der Waals surface area contributed by atoms with Crippen LogP contribution < -0.4 is 0 Å². The van der Waals surface area contributed by atoms with E-state index in [2.05, 4.69) is 30.9 Å². The lowest BCUT2D eigenvalue weighted by Crippen LogP contribution is -1.81. The Morgan fingerprint density at radius 1 is 1.36 bits per heavy atom. The summed E-state index contributed by atoms with van der Waals surface area (Å²) in [4.78, 5) is 1.34. The van der Waals surface area contributed by atoms with E-state index < -0.39 is 0 Å². The molecule has 0 unspecified atom stereocenters. The summed E-state index contributed by atoms with van der Waals surface area (Å²) in [7, 11) is 0. The van der Waals surface area contributed by atoms with E-state index in [0.717, 1.165) is 0 Å². The average Bonchev–Trinajstić information content (AvgIpc) is 2.04. The molecular formula is C10H8S. The highest BCUT2D eigenvalue weighted by molar-refractivity contribution is 8.02. The van der Waals surface area contributed by atoms with Gasteiger partial charge in [0.05, 0.1) is 0 Å². The van der Waals surface area contributed by atoms with Crippen molar-refractivity contribution in [1.82, 2.24) is 0 Å². The molecule has 1 heteroatoms. The first-order valence-electron chi connectivity index (χ1n) is 3.54. The van der Waals surface area contributed by atoms with Crippen LogP contribution in [0.2, 0.25) is 0 Å². The second kappa shape index (κ2) is 2.61. The van der Waals surface area contributed by atoms with Gasteiger partial charge in [-0.25, -0.2) is 0 Å². The van der Waals surface area contributed by atoms with Gasteiger partial charge in [-0.1, -0.05) is 23.9 Å². The lowest BCUT2D eigenvalue weighted by Gasteiger charge is -2.05. The topological polar surface area (TPSA) is 0 Å². The highest BCUT2D eigenvalue weighted by atomic mass is 32.2. The molecule has 54 valence electrons. The van der Waals surface area contributed by atoms with Crippen molar-refractivity contribution in [2.45, 2.75) is 11.8 Å². The first-order chi connectivity index (χ1) is 5.36. The van der Waals surface area contributed by atoms with E-state index in [9.17, 15) is 0 Å². The molecule has 0 atom stereocenters. The summed E-state index contributed by atoms with van der Waals surface area (Å²) in [6, 6.07) is 6.47. The van der Waals surface area contributed by atoms with Gasteiger partial charge in [0.2, 0.25) is 0 Å². The molecule has 0 spiro atoms. The third kappa shape index (κ3) is 1.25. The van der Waals surface area contributed by atoms with Crippen molar-refractivity contribution in [2.75, 3.05) is 0 Å². The summed E-state index contributed by atoms with van der Waals surface area (Å²) in [5.74, 6) is 0. The minimum Gasteiger partial charge on any atom is -0.113 e. The summed E-state index contributed by atoms with van der Waals surface area (Å²) in [6.07, 6.45) is 2.02. The quantitative estimate of drug-likeness (QED) is 0.525. The number of rotatable bonds is 0. The number of aryl methyl sites for hydroxylation is 1. The van der Waals surface area contributed by atoms with E-state index >= 15 is 0 Å². The van der Waals surface area contributed by atoms with Crippen LogP contribution in [0.25, 0.3) is 6.08 Å². The first-order valence-corrected chi connectivity index (χ1v) is 4.42. The van der Waals surface area contributed by atoms with Gasteiger partial charge in [0.15, 0.2) is 0 Å². The van der Waals surface area contributed by atoms with Crippen molar-refractivity contribution >= 4 is 17.8 Å². The van der Waals surface area contributed by atoms with Crippen molar-refractivity contribution in [1.29, 1.82) is 0 Å². The SMILES string of the molecule is Cc1ccc2c(c1)SC=C=C2. The Labute approximate surface area is 70.6 Å². The van der Waals surface area contributed by atoms with Gasteiger partial charge in [-0.2, -0.15) is 0 Å². The van der Waals surface area contributed by atoms with Crippen LogP contribution >= 0.6 is 11.8 Å². The normalized spacial score (nSPS) is 13.2. The van der Waals surface area contributed by atoms with Crippen molar-refractivity contribution in [2.24, 2.45) is 0 Å². The van der Waals surface area contributed by atoms with Gasteiger partial charge >= 0.3 is 0 Å². The molecule has 11 heavy (non-hydrogen) atoms. The molecule has 2 rings (SSSR count). The van der Waals surface area contributed by atoms with Gasteiger partial charge < -0.3 is 0 Å². The summed E-state index contributed by atoms with van der Waals surface area (Å²) in [6.45, 7) is 2.11. The fraction of sp³-hybridized carbons (Fsp3) is 0.100. The van der Waals surface area contributed by atoms with Gasteiger partial charge in [-0.05, 0) is 30.2 Å². The van der Waals surface area contributed by atoms with Crippen LogP contribution in [-0.2, 0) is 0 Å². The number of hydrogen-bond acceptors (Lipinski definition) is 1. The monoisotopic (exact) mass is 160 g/mol. The predicted octanol–water partition coefficient (Wildman–Crippen LogP) is 3.23. The maximum Gasteiger partial charge on any atom is 0.0203 e. The van der Waals surface area contributed by atoms with Crippen LogP contribution in [0.15, 0.2) is 34.2 Å². The van der Waals surface area contributed by atoms with Gasteiger partial charge in [0.1, 0.15) is 0 Å². The molecule has 0 aromatic heterocycles. The predicted molar refractivity (Wildman–Crippen MR) is 49.6 cm³/mol. The summed E-state index contributed by atoms with van der Waals surface area (Å²) in [5, 5.41) is 1.99. The lowest BCUT2D eigenvalue weighted by atomic mass is 10.1. The first kappa shape index (κ1) is 6.78. The van der Waals surface area contributed by atoms with Crippen molar-refractivity contribution < 1.29 is 0 Å². The van der Waals surface area contributed by atoms with Crippen LogP contribution in [0.1, 0.15) is 11.1 Å². The van der Waals surface area contributed by atoms with Crippen LogP contribution in [-0.4, -0.2) is 0 Å². The molecule has 0 saturated heterocycles. The Morgan fingerprint density at radius 2 is 2.27 bits per heavy atom. The lowest BCUT2D eigenvalue weighted by molar-refractivity contribution is 1.34. The van der Waals surface area contributed by atoms with Crippen molar-refractivity contribution in [3.8, 4) is 0 Å². The molecule has 0 aliphatic carbocycles. The van der Waals surface area contributed by atoms with E-state index in [1.807, 2.05) is 11.5 Å². The van der Waals surface area contributed by atoms with E-state index in [0.29, 0.717) is 0 Å². The van der Waals surface area contributed by atoms with E-state index in [1.165, 1.54) is 16.0 Å². The second-order valence-electron chi connectivity index (χ2n) is 2.59. The maximum atomic E-state index is 3.07. The van der Waals surface area contributed by atoms with E-state index in [4.69, 9.17) is 0 Å². The zero-order chi connectivity index (χ0) is 7.68. The minimum absolute atomic E-state index is 1.28. The molecule has 0 nitrogen and oxygen atoms in total. The Morgan fingerprint density at radius 3 is 3.18 bits per heavy atom. The number of hydrogen-bond donors (Lipinski definition) is 0. The van der Waals surface area contributed by atoms with Crippen LogP contribution in [0, 0.1) is 6.92 Å². The Bertz CT molecular complexity index is 344. The third-order valence-electron chi connectivity index (χ3n) is 1.66. The summed E-state index contributed by atoms with van der Waals surface area (Å²) < 4.78 is 0. The fourth-order valence-electron chi connectivity index (χ4n) is 1.08. The molecule has 0 fully saturated rings. The molecule has 0 N–H and O–H groups in total. The molecular weight excluding hydrogens is 152 g/mol. The van der Waals surface area contributed by atoms with Crippen molar-refractivity contribution in [3.63, 3.8) is 0 Å². The molecule has 1 aromatic rings. The number of thioether (sulfide) groups is 1. The molecule has 1 heterocycles. The zero-order valence-corrected chi connectivity index (χ0v) is 7.11. The summed E-state index contributed by atoms with van der Waals surface area (Å²) >= 11 is 1.74. The van der Waals surface area contributed by atoms with Gasteiger partial charge in [-0.15, -0.1) is 5.73 Å². The highest BCUT2D eigenvalue weighted by Crippen LogP contribution is 2.28. The number of benzene rings is 1. The number of fused-ring (bicyclic) bond motifs is 1. The molecule has 1 aliphatic rings. The smallest absolute Gasteiger partial charge is 0.0203 e. The highest BCUT2D eigenvalue weighted by Gasteiger charge is 2.00. The van der Waals surface area contributed by atoms with Crippen LogP contribution in [0.3, 0.4) is 0 Å². The molecule has 1 aromatic carbocycles. The molecule has 0 saturated carbocycles. The minimum atomic E-state index is 1.28. The van der Waals surface area contributed by atoms with Gasteiger partial charge in [0.25, 0.3) is 0 Å². The van der Waals surface area contributed by atoms with Gasteiger partial charge in [-0.3, -0.25) is 0 Å². The molecule has 1 aliphatic heterocycles. The fourth-order valence-corrected chi connectivity index (χ4v) is 1.86. The van der Waals surface area contributed by atoms with E-state index in [1.54, 1.807) is 11.8 Å².